The minimum Gasteiger partial charge on any atom is -0.314 e. The lowest BCUT2D eigenvalue weighted by Gasteiger charge is -2.50. The van der Waals surface area contributed by atoms with Crippen LogP contribution in [0.15, 0.2) is 18.2 Å². The van der Waals surface area contributed by atoms with Crippen LogP contribution in [0.25, 0.3) is 0 Å². The molecule has 1 N–H and O–H groups in total. The third kappa shape index (κ3) is 2.72. The molecule has 0 aromatic heterocycles. The van der Waals surface area contributed by atoms with Crippen LogP contribution in [0.4, 0.5) is 4.39 Å². The Morgan fingerprint density at radius 3 is 2.85 bits per heavy atom. The van der Waals surface area contributed by atoms with Crippen LogP contribution in [0.1, 0.15) is 37.7 Å². The zero-order valence-electron chi connectivity index (χ0n) is 11.8. The Bertz CT molecular complexity index is 463. The maximum Gasteiger partial charge on any atom is 0.146 e. The van der Waals surface area contributed by atoms with Crippen LogP contribution in [0.3, 0.4) is 0 Å². The van der Waals surface area contributed by atoms with Gasteiger partial charge in [-0.3, -0.25) is 4.90 Å². The first-order valence-corrected chi connectivity index (χ1v) is 7.98. The molecule has 2 aliphatic rings. The number of hydrogen-bond donors (Lipinski definition) is 1. The molecule has 0 atom stereocenters. The van der Waals surface area contributed by atoms with Gasteiger partial charge in [0.25, 0.3) is 0 Å². The summed E-state index contributed by atoms with van der Waals surface area (Å²) in [5, 5.41) is 3.76. The van der Waals surface area contributed by atoms with E-state index in [2.05, 4.69) is 10.2 Å². The Hall–Kier alpha value is -0.640. The molecule has 3 rings (SSSR count). The lowest BCUT2D eigenvalue weighted by atomic mass is 9.79. The molecule has 0 radical (unpaired) electrons. The summed E-state index contributed by atoms with van der Waals surface area (Å²) in [6.07, 6.45) is 6.36. The lowest BCUT2D eigenvalue weighted by molar-refractivity contribution is 0.0201. The molecule has 1 saturated carbocycles. The average Bonchev–Trinajstić information content (AvgIpc) is 2.47. The molecule has 2 fully saturated rings. The van der Waals surface area contributed by atoms with Crippen molar-refractivity contribution in [2.75, 3.05) is 19.6 Å². The number of hydrogen-bond acceptors (Lipinski definition) is 2. The van der Waals surface area contributed by atoms with E-state index in [1.54, 1.807) is 6.07 Å². The van der Waals surface area contributed by atoms with Crippen LogP contribution >= 0.6 is 11.6 Å². The first kappa shape index (κ1) is 14.3. The summed E-state index contributed by atoms with van der Waals surface area (Å²) in [4.78, 5) is 2.48. The molecule has 4 heteroatoms. The predicted molar refractivity (Wildman–Crippen MR) is 80.5 cm³/mol. The number of halogens is 2. The van der Waals surface area contributed by atoms with Gasteiger partial charge in [-0.1, -0.05) is 43.0 Å². The van der Waals surface area contributed by atoms with Gasteiger partial charge in [0.15, 0.2) is 0 Å². The summed E-state index contributed by atoms with van der Waals surface area (Å²) in [5.41, 5.74) is 0.954. The van der Waals surface area contributed by atoms with Gasteiger partial charge in [-0.25, -0.2) is 4.39 Å². The number of benzene rings is 1. The normalized spacial score (nSPS) is 23.1. The van der Waals surface area contributed by atoms with Crippen LogP contribution in [0.5, 0.6) is 0 Å². The van der Waals surface area contributed by atoms with E-state index in [-0.39, 0.29) is 16.4 Å². The molecule has 0 amide bonds. The molecule has 0 bridgehead atoms. The number of piperazine rings is 1. The lowest BCUT2D eigenvalue weighted by Crippen LogP contribution is -2.61. The molecule has 1 aromatic carbocycles. The van der Waals surface area contributed by atoms with E-state index in [1.165, 1.54) is 32.1 Å². The molecule has 0 unspecified atom stereocenters. The Labute approximate surface area is 125 Å². The first-order valence-electron chi connectivity index (χ1n) is 7.60. The van der Waals surface area contributed by atoms with Gasteiger partial charge in [-0.05, 0) is 18.9 Å². The smallest absolute Gasteiger partial charge is 0.146 e. The van der Waals surface area contributed by atoms with E-state index in [9.17, 15) is 4.39 Å². The topological polar surface area (TPSA) is 15.3 Å². The first-order chi connectivity index (χ1) is 9.71. The van der Waals surface area contributed by atoms with Gasteiger partial charge in [-0.15, -0.1) is 0 Å². The van der Waals surface area contributed by atoms with E-state index < -0.39 is 0 Å². The Morgan fingerprint density at radius 1 is 1.25 bits per heavy atom. The summed E-state index contributed by atoms with van der Waals surface area (Å²) < 4.78 is 14.1. The van der Waals surface area contributed by atoms with Crippen molar-refractivity contribution < 1.29 is 4.39 Å². The van der Waals surface area contributed by atoms with Crippen LogP contribution in [0.2, 0.25) is 5.02 Å². The molecular weight excluding hydrogens is 275 g/mol. The maximum atomic E-state index is 14.1. The third-order valence-electron chi connectivity index (χ3n) is 4.86. The van der Waals surface area contributed by atoms with Crippen molar-refractivity contribution in [1.29, 1.82) is 0 Å². The van der Waals surface area contributed by atoms with E-state index in [0.717, 1.165) is 25.2 Å². The van der Waals surface area contributed by atoms with Crippen LogP contribution in [-0.2, 0) is 6.54 Å². The molecule has 1 aliphatic heterocycles. The maximum absolute atomic E-state index is 14.1. The van der Waals surface area contributed by atoms with Gasteiger partial charge >= 0.3 is 0 Å². The van der Waals surface area contributed by atoms with Crippen LogP contribution < -0.4 is 5.32 Å². The fraction of sp³-hybridized carbons (Fsp3) is 0.625. The standard InChI is InChI=1S/C16H22ClFN2/c17-14-6-4-5-13(15(14)18)11-20-10-9-19-12-16(20)7-2-1-3-8-16/h4-6,19H,1-3,7-12H2. The summed E-state index contributed by atoms with van der Waals surface area (Å²) in [6, 6.07) is 5.32. The second-order valence-electron chi connectivity index (χ2n) is 6.10. The largest absolute Gasteiger partial charge is 0.314 e. The van der Waals surface area contributed by atoms with Crippen molar-refractivity contribution >= 4 is 11.6 Å². The quantitative estimate of drug-likeness (QED) is 0.897. The van der Waals surface area contributed by atoms with Crippen molar-refractivity contribution in [2.45, 2.75) is 44.2 Å². The SMILES string of the molecule is Fc1c(Cl)cccc1CN1CCNCC12CCCCC2. The molecule has 1 heterocycles. The predicted octanol–water partition coefficient (Wildman–Crippen LogP) is 3.59. The van der Waals surface area contributed by atoms with Gasteiger partial charge in [0.2, 0.25) is 0 Å². The Kier molecular flexibility index (Phi) is 4.29. The fourth-order valence-electron chi connectivity index (χ4n) is 3.71. The fourth-order valence-corrected chi connectivity index (χ4v) is 3.90. The number of nitrogens with zero attached hydrogens (tertiary/aromatic N) is 1. The minimum atomic E-state index is -0.251. The molecule has 20 heavy (non-hydrogen) atoms. The summed E-state index contributed by atoms with van der Waals surface area (Å²) in [7, 11) is 0. The monoisotopic (exact) mass is 296 g/mol. The molecule has 1 aliphatic carbocycles. The molecule has 1 saturated heterocycles. The van der Waals surface area contributed by atoms with Crippen molar-refractivity contribution in [3.8, 4) is 0 Å². The summed E-state index contributed by atoms with van der Waals surface area (Å²) in [6.45, 7) is 3.69. The van der Waals surface area contributed by atoms with Gasteiger partial charge < -0.3 is 5.32 Å². The zero-order valence-corrected chi connectivity index (χ0v) is 12.6. The zero-order chi connectivity index (χ0) is 14.0. The third-order valence-corrected chi connectivity index (χ3v) is 5.15. The number of nitrogens with one attached hydrogen (secondary N) is 1. The highest BCUT2D eigenvalue weighted by Crippen LogP contribution is 2.36. The molecule has 1 aromatic rings. The van der Waals surface area contributed by atoms with Crippen LogP contribution in [0, 0.1) is 5.82 Å². The molecule has 1 spiro atoms. The number of rotatable bonds is 2. The Balaban J connectivity index is 1.81. The highest BCUT2D eigenvalue weighted by molar-refractivity contribution is 6.30. The highest BCUT2D eigenvalue weighted by Gasteiger charge is 2.39. The van der Waals surface area contributed by atoms with Gasteiger partial charge in [0.05, 0.1) is 5.02 Å². The van der Waals surface area contributed by atoms with Gasteiger partial charge in [-0.2, -0.15) is 0 Å². The van der Waals surface area contributed by atoms with Crippen molar-refractivity contribution in [1.82, 2.24) is 10.2 Å². The minimum absolute atomic E-state index is 0.227. The summed E-state index contributed by atoms with van der Waals surface area (Å²) in [5.74, 6) is -0.251. The van der Waals surface area contributed by atoms with E-state index in [0.29, 0.717) is 6.54 Å². The molecular formula is C16H22ClFN2. The highest BCUT2D eigenvalue weighted by atomic mass is 35.5. The van der Waals surface area contributed by atoms with Crippen molar-refractivity contribution in [3.63, 3.8) is 0 Å². The van der Waals surface area contributed by atoms with Gasteiger partial charge in [0.1, 0.15) is 5.82 Å². The van der Waals surface area contributed by atoms with Crippen molar-refractivity contribution in [2.24, 2.45) is 0 Å². The average molecular weight is 297 g/mol. The van der Waals surface area contributed by atoms with E-state index >= 15 is 0 Å². The summed E-state index contributed by atoms with van der Waals surface area (Å²) >= 11 is 5.90. The van der Waals surface area contributed by atoms with Crippen LogP contribution in [-0.4, -0.2) is 30.1 Å². The Morgan fingerprint density at radius 2 is 2.05 bits per heavy atom. The van der Waals surface area contributed by atoms with E-state index in [1.807, 2.05) is 12.1 Å². The second kappa shape index (κ2) is 6.00. The van der Waals surface area contributed by atoms with Crippen molar-refractivity contribution in [3.05, 3.63) is 34.6 Å². The molecule has 110 valence electrons. The van der Waals surface area contributed by atoms with Gasteiger partial charge in [0, 0.05) is 37.3 Å². The van der Waals surface area contributed by atoms with E-state index in [4.69, 9.17) is 11.6 Å². The molecule has 2 nitrogen and oxygen atoms in total. The second-order valence-corrected chi connectivity index (χ2v) is 6.50.